The summed E-state index contributed by atoms with van der Waals surface area (Å²) in [6.07, 6.45) is 1.70. The largest absolute Gasteiger partial charge is 0.496 e. The molecule has 1 saturated heterocycles. The first-order valence-electron chi connectivity index (χ1n) is 9.31. The van der Waals surface area contributed by atoms with E-state index < -0.39 is 0 Å². The number of para-hydroxylation sites is 1. The molecule has 1 aliphatic rings. The first kappa shape index (κ1) is 18.0. The maximum atomic E-state index is 12.7. The van der Waals surface area contributed by atoms with Gasteiger partial charge in [-0.05, 0) is 30.5 Å². The highest BCUT2D eigenvalue weighted by atomic mass is 16.5. The molecule has 144 valence electrons. The monoisotopic (exact) mass is 378 g/mol. The number of ether oxygens (including phenoxy) is 1. The number of carbonyl (C=O) groups excluding carboxylic acids is 1. The predicted octanol–water partition coefficient (Wildman–Crippen LogP) is 3.79. The molecule has 7 nitrogen and oxygen atoms in total. The first-order valence-corrected chi connectivity index (χ1v) is 9.31. The van der Waals surface area contributed by atoms with Gasteiger partial charge in [-0.2, -0.15) is 4.98 Å². The van der Waals surface area contributed by atoms with Gasteiger partial charge in [-0.25, -0.2) is 4.79 Å². The molecule has 1 unspecified atom stereocenters. The van der Waals surface area contributed by atoms with Gasteiger partial charge in [0.15, 0.2) is 0 Å². The Hall–Kier alpha value is -3.35. The molecule has 0 radical (unpaired) electrons. The van der Waals surface area contributed by atoms with Gasteiger partial charge in [-0.3, -0.25) is 0 Å². The topological polar surface area (TPSA) is 80.5 Å². The Kier molecular flexibility index (Phi) is 5.23. The fourth-order valence-electron chi connectivity index (χ4n) is 3.45. The number of carbonyl (C=O) groups is 1. The Labute approximate surface area is 163 Å². The molecule has 2 amide bonds. The zero-order valence-electron chi connectivity index (χ0n) is 15.7. The lowest BCUT2D eigenvalue weighted by Gasteiger charge is -2.22. The molecular weight excluding hydrogens is 356 g/mol. The van der Waals surface area contributed by atoms with Crippen molar-refractivity contribution in [2.45, 2.75) is 25.4 Å². The minimum atomic E-state index is -0.216. The summed E-state index contributed by atoms with van der Waals surface area (Å²) in [5.74, 6) is 1.59. The summed E-state index contributed by atoms with van der Waals surface area (Å²) in [6.45, 7) is 1.15. The Morgan fingerprint density at radius 2 is 2.00 bits per heavy atom. The molecule has 28 heavy (non-hydrogen) atoms. The molecule has 2 aromatic carbocycles. The summed E-state index contributed by atoms with van der Waals surface area (Å²) in [5.41, 5.74) is 1.82. The second kappa shape index (κ2) is 8.12. The molecule has 2 heterocycles. The summed E-state index contributed by atoms with van der Waals surface area (Å²) < 4.78 is 10.9. The second-order valence-corrected chi connectivity index (χ2v) is 6.65. The van der Waals surface area contributed by atoms with E-state index >= 15 is 0 Å². The molecule has 0 spiro atoms. The Morgan fingerprint density at radius 1 is 1.21 bits per heavy atom. The minimum absolute atomic E-state index is 0.122. The third-order valence-electron chi connectivity index (χ3n) is 4.87. The molecule has 0 saturated carbocycles. The highest BCUT2D eigenvalue weighted by molar-refractivity contribution is 5.75. The maximum absolute atomic E-state index is 12.7. The lowest BCUT2D eigenvalue weighted by Crippen LogP contribution is -2.39. The van der Waals surface area contributed by atoms with Crippen LogP contribution < -0.4 is 10.1 Å². The van der Waals surface area contributed by atoms with E-state index in [1.54, 1.807) is 12.0 Å². The van der Waals surface area contributed by atoms with Crippen LogP contribution in [-0.2, 0) is 6.54 Å². The van der Waals surface area contributed by atoms with Crippen LogP contribution in [0.15, 0.2) is 59.1 Å². The van der Waals surface area contributed by atoms with Gasteiger partial charge in [0.1, 0.15) is 11.8 Å². The molecule has 7 heteroatoms. The maximum Gasteiger partial charge on any atom is 0.318 e. The van der Waals surface area contributed by atoms with Gasteiger partial charge in [0.25, 0.3) is 0 Å². The van der Waals surface area contributed by atoms with Crippen LogP contribution >= 0.6 is 0 Å². The van der Waals surface area contributed by atoms with Crippen LogP contribution in [0.3, 0.4) is 0 Å². The van der Waals surface area contributed by atoms with Crippen LogP contribution in [-0.4, -0.2) is 34.7 Å². The average molecular weight is 378 g/mol. The van der Waals surface area contributed by atoms with Crippen LogP contribution in [0.25, 0.3) is 11.4 Å². The Bertz CT molecular complexity index is 942. The van der Waals surface area contributed by atoms with Crippen LogP contribution in [0.5, 0.6) is 5.75 Å². The fourth-order valence-corrected chi connectivity index (χ4v) is 3.45. The van der Waals surface area contributed by atoms with Crippen molar-refractivity contribution >= 4 is 6.03 Å². The Balaban J connectivity index is 1.48. The SMILES string of the molecule is COc1ccccc1-c1noc(C2CCCN2C(=O)NCc2ccccc2)n1. The molecule has 1 atom stereocenters. The van der Waals surface area contributed by atoms with E-state index in [-0.39, 0.29) is 12.1 Å². The summed E-state index contributed by atoms with van der Waals surface area (Å²) in [6, 6.07) is 17.0. The highest BCUT2D eigenvalue weighted by Crippen LogP contribution is 2.33. The van der Waals surface area contributed by atoms with E-state index in [0.29, 0.717) is 30.6 Å². The third-order valence-corrected chi connectivity index (χ3v) is 4.87. The summed E-state index contributed by atoms with van der Waals surface area (Å²) in [4.78, 5) is 19.0. The standard InChI is InChI=1S/C21H22N4O3/c1-27-18-12-6-5-10-16(18)19-23-20(28-24-19)17-11-7-13-25(17)21(26)22-14-15-8-3-2-4-9-15/h2-6,8-10,12,17H,7,11,13-14H2,1H3,(H,22,26). The van der Waals surface area contributed by atoms with E-state index in [9.17, 15) is 4.79 Å². The molecule has 4 rings (SSSR count). The van der Waals surface area contributed by atoms with Crippen molar-refractivity contribution in [3.8, 4) is 17.1 Å². The molecule has 0 bridgehead atoms. The molecule has 1 aromatic heterocycles. The van der Waals surface area contributed by atoms with Crippen molar-refractivity contribution in [2.75, 3.05) is 13.7 Å². The van der Waals surface area contributed by atoms with Crippen LogP contribution in [0.2, 0.25) is 0 Å². The van der Waals surface area contributed by atoms with Crippen molar-refractivity contribution < 1.29 is 14.1 Å². The lowest BCUT2D eigenvalue weighted by molar-refractivity contribution is 0.180. The number of hydrogen-bond donors (Lipinski definition) is 1. The van der Waals surface area contributed by atoms with E-state index in [1.165, 1.54) is 0 Å². The number of nitrogens with zero attached hydrogens (tertiary/aromatic N) is 3. The zero-order valence-corrected chi connectivity index (χ0v) is 15.7. The zero-order chi connectivity index (χ0) is 19.3. The van der Waals surface area contributed by atoms with E-state index in [4.69, 9.17) is 9.26 Å². The van der Waals surface area contributed by atoms with Gasteiger partial charge in [0, 0.05) is 13.1 Å². The van der Waals surface area contributed by atoms with Crippen molar-refractivity contribution in [1.29, 1.82) is 0 Å². The molecule has 1 fully saturated rings. The normalized spacial score (nSPS) is 16.2. The minimum Gasteiger partial charge on any atom is -0.496 e. The van der Waals surface area contributed by atoms with Crippen molar-refractivity contribution in [1.82, 2.24) is 20.4 Å². The molecule has 3 aromatic rings. The van der Waals surface area contributed by atoms with Crippen LogP contribution in [0.4, 0.5) is 4.79 Å². The van der Waals surface area contributed by atoms with E-state index in [1.807, 2.05) is 54.6 Å². The van der Waals surface area contributed by atoms with E-state index in [0.717, 1.165) is 24.0 Å². The highest BCUT2D eigenvalue weighted by Gasteiger charge is 2.34. The fraction of sp³-hybridized carbons (Fsp3) is 0.286. The van der Waals surface area contributed by atoms with Gasteiger partial charge < -0.3 is 19.5 Å². The summed E-state index contributed by atoms with van der Waals surface area (Å²) in [7, 11) is 1.61. The average Bonchev–Trinajstić information content (AvgIpc) is 3.42. The van der Waals surface area contributed by atoms with Crippen molar-refractivity contribution in [2.24, 2.45) is 0 Å². The molecule has 0 aliphatic carbocycles. The molecular formula is C21H22N4O3. The van der Waals surface area contributed by atoms with Crippen LogP contribution in [0.1, 0.15) is 30.3 Å². The number of urea groups is 1. The number of hydrogen-bond acceptors (Lipinski definition) is 5. The van der Waals surface area contributed by atoms with Gasteiger partial charge in [-0.15, -0.1) is 0 Å². The number of benzene rings is 2. The van der Waals surface area contributed by atoms with Gasteiger partial charge in [0.05, 0.1) is 12.7 Å². The quantitative estimate of drug-likeness (QED) is 0.731. The number of nitrogens with one attached hydrogen (secondary N) is 1. The van der Waals surface area contributed by atoms with Gasteiger partial charge >= 0.3 is 6.03 Å². The van der Waals surface area contributed by atoms with Crippen molar-refractivity contribution in [3.05, 3.63) is 66.1 Å². The molecule has 1 aliphatic heterocycles. The predicted molar refractivity (Wildman–Crippen MR) is 104 cm³/mol. The molecule has 1 N–H and O–H groups in total. The third kappa shape index (κ3) is 3.69. The van der Waals surface area contributed by atoms with E-state index in [2.05, 4.69) is 15.5 Å². The lowest BCUT2D eigenvalue weighted by atomic mass is 10.2. The van der Waals surface area contributed by atoms with Gasteiger partial charge in [-0.1, -0.05) is 47.6 Å². The smallest absolute Gasteiger partial charge is 0.318 e. The van der Waals surface area contributed by atoms with Crippen LogP contribution in [0, 0.1) is 0 Å². The number of aromatic nitrogens is 2. The Morgan fingerprint density at radius 3 is 2.82 bits per heavy atom. The number of likely N-dealkylation sites (tertiary alicyclic amines) is 1. The second-order valence-electron chi connectivity index (χ2n) is 6.65. The number of amides is 2. The number of methoxy groups -OCH3 is 1. The summed E-state index contributed by atoms with van der Waals surface area (Å²) in [5, 5.41) is 7.08. The first-order chi connectivity index (χ1) is 13.8. The van der Waals surface area contributed by atoms with Gasteiger partial charge in [0.2, 0.25) is 11.7 Å². The summed E-state index contributed by atoms with van der Waals surface area (Å²) >= 11 is 0. The number of rotatable bonds is 5. The van der Waals surface area contributed by atoms with Crippen molar-refractivity contribution in [3.63, 3.8) is 0 Å².